The second-order valence-corrected chi connectivity index (χ2v) is 5.94. The van der Waals surface area contributed by atoms with Crippen molar-refractivity contribution in [3.63, 3.8) is 0 Å². The molecule has 110 valence electrons. The molecule has 0 fully saturated rings. The van der Waals surface area contributed by atoms with Crippen LogP contribution in [0.3, 0.4) is 0 Å². The van der Waals surface area contributed by atoms with Crippen LogP contribution in [0.15, 0.2) is 24.5 Å². The number of anilines is 1. The Hall–Kier alpha value is -2.28. The number of aromatic nitrogens is 2. The molecule has 0 saturated carbocycles. The highest BCUT2D eigenvalue weighted by molar-refractivity contribution is 5.46. The van der Waals surface area contributed by atoms with Crippen molar-refractivity contribution in [1.82, 2.24) is 9.55 Å². The lowest BCUT2D eigenvalue weighted by Crippen LogP contribution is -2.09. The maximum Gasteiger partial charge on any atom is 0.128 e. The van der Waals surface area contributed by atoms with E-state index in [9.17, 15) is 5.26 Å². The van der Waals surface area contributed by atoms with Gasteiger partial charge in [0.2, 0.25) is 0 Å². The van der Waals surface area contributed by atoms with E-state index >= 15 is 0 Å². The van der Waals surface area contributed by atoms with Crippen molar-refractivity contribution in [3.8, 4) is 6.07 Å². The Morgan fingerprint density at radius 3 is 2.52 bits per heavy atom. The minimum absolute atomic E-state index is 0.324. The number of hydrogen-bond donors (Lipinski definition) is 1. The predicted molar refractivity (Wildman–Crippen MR) is 85.1 cm³/mol. The zero-order valence-corrected chi connectivity index (χ0v) is 13.1. The quantitative estimate of drug-likeness (QED) is 0.931. The SMILES string of the molecule is CC(C)c1c(C#N)cn(Cc2cccnc2N)c1C(C)C. The number of rotatable bonds is 4. The molecule has 0 aromatic carbocycles. The van der Waals surface area contributed by atoms with Crippen LogP contribution in [0.2, 0.25) is 0 Å². The van der Waals surface area contributed by atoms with E-state index in [1.807, 2.05) is 18.3 Å². The molecule has 2 N–H and O–H groups in total. The van der Waals surface area contributed by atoms with Gasteiger partial charge in [0.1, 0.15) is 11.9 Å². The van der Waals surface area contributed by atoms with Gasteiger partial charge < -0.3 is 10.3 Å². The normalized spacial score (nSPS) is 11.1. The molecule has 2 aromatic heterocycles. The standard InChI is InChI=1S/C17H22N4/c1-11(2)15-14(8-18)10-21(16(15)12(3)4)9-13-6-5-7-20-17(13)19/h5-7,10-12H,9H2,1-4H3,(H2,19,20). The van der Waals surface area contributed by atoms with Gasteiger partial charge in [0.25, 0.3) is 0 Å². The molecule has 4 nitrogen and oxygen atoms in total. The number of nitrogens with two attached hydrogens (primary N) is 1. The molecule has 0 bridgehead atoms. The van der Waals surface area contributed by atoms with Crippen molar-refractivity contribution < 1.29 is 0 Å². The van der Waals surface area contributed by atoms with Crippen LogP contribution in [0.1, 0.15) is 61.9 Å². The molecule has 0 aliphatic rings. The molecule has 0 aliphatic heterocycles. The summed E-state index contributed by atoms with van der Waals surface area (Å²) in [6.07, 6.45) is 3.63. The molecule has 0 unspecified atom stereocenters. The van der Waals surface area contributed by atoms with Crippen LogP contribution in [0.5, 0.6) is 0 Å². The van der Waals surface area contributed by atoms with Crippen LogP contribution >= 0.6 is 0 Å². The zero-order valence-electron chi connectivity index (χ0n) is 13.1. The summed E-state index contributed by atoms with van der Waals surface area (Å²) in [7, 11) is 0. The van der Waals surface area contributed by atoms with Crippen molar-refractivity contribution in [3.05, 3.63) is 46.9 Å². The third-order valence-corrected chi connectivity index (χ3v) is 3.67. The first-order chi connectivity index (χ1) is 9.95. The number of hydrogen-bond acceptors (Lipinski definition) is 3. The molecule has 0 radical (unpaired) electrons. The molecule has 21 heavy (non-hydrogen) atoms. The fraction of sp³-hybridized carbons (Fsp3) is 0.412. The van der Waals surface area contributed by atoms with Gasteiger partial charge in [-0.15, -0.1) is 0 Å². The highest BCUT2D eigenvalue weighted by atomic mass is 15.0. The van der Waals surface area contributed by atoms with Crippen LogP contribution in [-0.2, 0) is 6.54 Å². The summed E-state index contributed by atoms with van der Waals surface area (Å²) in [4.78, 5) is 4.13. The fourth-order valence-corrected chi connectivity index (χ4v) is 2.82. The lowest BCUT2D eigenvalue weighted by Gasteiger charge is -2.17. The summed E-state index contributed by atoms with van der Waals surface area (Å²) in [6.45, 7) is 9.22. The summed E-state index contributed by atoms with van der Waals surface area (Å²) < 4.78 is 2.14. The van der Waals surface area contributed by atoms with E-state index in [0.717, 1.165) is 16.7 Å². The van der Waals surface area contributed by atoms with E-state index in [4.69, 9.17) is 5.73 Å². The zero-order chi connectivity index (χ0) is 15.6. The number of nitrogens with zero attached hydrogens (tertiary/aromatic N) is 3. The van der Waals surface area contributed by atoms with Gasteiger partial charge in [0.15, 0.2) is 0 Å². The molecule has 0 saturated heterocycles. The smallest absolute Gasteiger partial charge is 0.128 e. The molecular formula is C17H22N4. The Kier molecular flexibility index (Phi) is 4.32. The first kappa shape index (κ1) is 15.1. The summed E-state index contributed by atoms with van der Waals surface area (Å²) in [6, 6.07) is 6.19. The van der Waals surface area contributed by atoms with Crippen molar-refractivity contribution in [2.75, 3.05) is 5.73 Å². The summed E-state index contributed by atoms with van der Waals surface area (Å²) in [5, 5.41) is 9.41. The van der Waals surface area contributed by atoms with Gasteiger partial charge in [-0.1, -0.05) is 33.8 Å². The van der Waals surface area contributed by atoms with Crippen LogP contribution in [0, 0.1) is 11.3 Å². The van der Waals surface area contributed by atoms with Gasteiger partial charge in [-0.2, -0.15) is 5.26 Å². The van der Waals surface area contributed by atoms with Gasteiger partial charge in [-0.05, 0) is 23.5 Å². The largest absolute Gasteiger partial charge is 0.383 e. The summed E-state index contributed by atoms with van der Waals surface area (Å²) >= 11 is 0. The van der Waals surface area contributed by atoms with Gasteiger partial charge in [0, 0.05) is 23.7 Å². The van der Waals surface area contributed by atoms with Crippen LogP contribution < -0.4 is 5.73 Å². The van der Waals surface area contributed by atoms with Gasteiger partial charge in [0.05, 0.1) is 12.1 Å². The van der Waals surface area contributed by atoms with Gasteiger partial charge >= 0.3 is 0 Å². The van der Waals surface area contributed by atoms with Crippen LogP contribution in [0.25, 0.3) is 0 Å². The Morgan fingerprint density at radius 1 is 1.29 bits per heavy atom. The molecule has 4 heteroatoms. The fourth-order valence-electron chi connectivity index (χ4n) is 2.82. The Balaban J connectivity index is 2.54. The highest BCUT2D eigenvalue weighted by Gasteiger charge is 2.21. The molecule has 0 atom stereocenters. The summed E-state index contributed by atoms with van der Waals surface area (Å²) in [5.41, 5.74) is 10.0. The minimum Gasteiger partial charge on any atom is -0.383 e. The average Bonchev–Trinajstić information content (AvgIpc) is 2.80. The monoisotopic (exact) mass is 282 g/mol. The van der Waals surface area contributed by atoms with Crippen LogP contribution in [-0.4, -0.2) is 9.55 Å². The third kappa shape index (κ3) is 2.92. The molecule has 2 aromatic rings. The first-order valence-electron chi connectivity index (χ1n) is 7.28. The lowest BCUT2D eigenvalue weighted by atomic mass is 9.94. The van der Waals surface area contributed by atoms with Crippen molar-refractivity contribution in [2.45, 2.75) is 46.1 Å². The van der Waals surface area contributed by atoms with E-state index in [-0.39, 0.29) is 0 Å². The van der Waals surface area contributed by atoms with Crippen molar-refractivity contribution >= 4 is 5.82 Å². The molecule has 0 amide bonds. The third-order valence-electron chi connectivity index (χ3n) is 3.67. The maximum atomic E-state index is 9.41. The Labute approximate surface area is 126 Å². The molecule has 0 aliphatic carbocycles. The van der Waals surface area contributed by atoms with Gasteiger partial charge in [-0.3, -0.25) is 0 Å². The number of pyridine rings is 1. The lowest BCUT2D eigenvalue weighted by molar-refractivity contribution is 0.673. The van der Waals surface area contributed by atoms with Crippen molar-refractivity contribution in [2.24, 2.45) is 0 Å². The Bertz CT molecular complexity index is 675. The predicted octanol–water partition coefficient (Wildman–Crippen LogP) is 3.63. The second-order valence-electron chi connectivity index (χ2n) is 5.94. The van der Waals surface area contributed by atoms with E-state index in [2.05, 4.69) is 43.3 Å². The molecule has 2 heterocycles. The van der Waals surface area contributed by atoms with Crippen molar-refractivity contribution in [1.29, 1.82) is 5.26 Å². The molecule has 2 rings (SSSR count). The number of nitrogen functional groups attached to an aromatic ring is 1. The summed E-state index contributed by atoms with van der Waals surface area (Å²) in [5.74, 6) is 1.22. The molecule has 0 spiro atoms. The second kappa shape index (κ2) is 6.01. The maximum absolute atomic E-state index is 9.41. The highest BCUT2D eigenvalue weighted by Crippen LogP contribution is 2.31. The van der Waals surface area contributed by atoms with E-state index in [0.29, 0.717) is 24.2 Å². The molecular weight excluding hydrogens is 260 g/mol. The first-order valence-corrected chi connectivity index (χ1v) is 7.28. The van der Waals surface area contributed by atoms with E-state index in [1.165, 1.54) is 5.69 Å². The van der Waals surface area contributed by atoms with E-state index in [1.54, 1.807) is 6.20 Å². The number of nitriles is 1. The van der Waals surface area contributed by atoms with Crippen LogP contribution in [0.4, 0.5) is 5.82 Å². The topological polar surface area (TPSA) is 67.6 Å². The van der Waals surface area contributed by atoms with E-state index < -0.39 is 0 Å². The Morgan fingerprint density at radius 2 is 2.00 bits per heavy atom. The van der Waals surface area contributed by atoms with Gasteiger partial charge in [-0.25, -0.2) is 4.98 Å². The average molecular weight is 282 g/mol. The minimum atomic E-state index is 0.324.